The summed E-state index contributed by atoms with van der Waals surface area (Å²) < 4.78 is 0. The second-order valence-corrected chi connectivity index (χ2v) is 41.3. The van der Waals surface area contributed by atoms with Crippen LogP contribution in [-0.4, -0.2) is 19.9 Å². The maximum Gasteiger partial charge on any atom is 0.141 e. The van der Waals surface area contributed by atoms with E-state index in [1.807, 2.05) is 24.8 Å². The molecule has 0 atom stereocenters. The van der Waals surface area contributed by atoms with Gasteiger partial charge in [0.15, 0.2) is 0 Å². The lowest BCUT2D eigenvalue weighted by Gasteiger charge is -2.40. The number of fused-ring (bicyclic) bond motifs is 48. The molecule has 0 amide bonds. The fourth-order valence-corrected chi connectivity index (χ4v) is 28.9. The summed E-state index contributed by atoms with van der Waals surface area (Å²) in [6.07, 6.45) is 28.0. The van der Waals surface area contributed by atoms with E-state index in [9.17, 15) is 0 Å². The van der Waals surface area contributed by atoms with E-state index in [4.69, 9.17) is 9.97 Å². The van der Waals surface area contributed by atoms with E-state index < -0.39 is 0 Å². The van der Waals surface area contributed by atoms with Crippen LogP contribution in [0.4, 0.5) is 68.4 Å². The fourth-order valence-electron chi connectivity index (χ4n) is 28.9. The van der Waals surface area contributed by atoms with Crippen molar-refractivity contribution in [3.05, 3.63) is 519 Å². The number of hydrogen-bond donors (Lipinski definition) is 0. The van der Waals surface area contributed by atoms with Crippen LogP contribution in [0, 0.1) is 0 Å². The van der Waals surface area contributed by atoms with Crippen molar-refractivity contribution >= 4 is 68.4 Å². The molecule has 12 heterocycles. The summed E-state index contributed by atoms with van der Waals surface area (Å²) in [5, 5.41) is 0. The van der Waals surface area contributed by atoms with Crippen LogP contribution < -0.4 is 19.6 Å². The van der Waals surface area contributed by atoms with Crippen molar-refractivity contribution in [1.29, 1.82) is 0 Å². The number of aromatic nitrogens is 4. The van der Waals surface area contributed by atoms with Gasteiger partial charge in [-0.3, -0.25) is 19.9 Å². The van der Waals surface area contributed by atoms with E-state index in [1.165, 1.54) is 285 Å². The number of rotatable bonds is 0. The number of nitrogens with zero attached hydrogens (tertiary/aromatic N) is 8. The largest absolute Gasteiger partial charge is 0.309 e. The van der Waals surface area contributed by atoms with Gasteiger partial charge in [0.2, 0.25) is 0 Å². The molecule has 0 spiro atoms. The molecule has 0 N–H and O–H groups in total. The maximum absolute atomic E-state index is 4.88. The van der Waals surface area contributed by atoms with Crippen molar-refractivity contribution in [2.24, 2.45) is 0 Å². The van der Waals surface area contributed by atoms with E-state index in [0.29, 0.717) is 0 Å². The molecule has 0 fully saturated rings. The summed E-state index contributed by atoms with van der Waals surface area (Å²) in [6.45, 7) is 0. The molecule has 8 aliphatic carbocycles. The first-order valence-corrected chi connectivity index (χ1v) is 50.3. The van der Waals surface area contributed by atoms with E-state index in [0.717, 1.165) is 109 Å². The van der Waals surface area contributed by atoms with E-state index >= 15 is 0 Å². The molecule has 8 aliphatic heterocycles. The van der Waals surface area contributed by atoms with Crippen molar-refractivity contribution < 1.29 is 0 Å². The van der Waals surface area contributed by atoms with Crippen LogP contribution in [-0.2, 0) is 103 Å². The van der Waals surface area contributed by atoms with Gasteiger partial charge in [-0.2, -0.15) is 0 Å². The van der Waals surface area contributed by atoms with Gasteiger partial charge >= 0.3 is 0 Å². The Morgan fingerprint density at radius 3 is 0.871 bits per heavy atom. The Balaban J connectivity index is 0.0000000829. The molecule has 140 heavy (non-hydrogen) atoms. The van der Waals surface area contributed by atoms with Crippen molar-refractivity contribution in [1.82, 2.24) is 19.9 Å². The molecule has 20 aromatic rings. The van der Waals surface area contributed by atoms with Crippen molar-refractivity contribution in [2.75, 3.05) is 19.6 Å². The molecule has 0 saturated carbocycles. The highest BCUT2D eigenvalue weighted by atomic mass is 15.2. The Labute approximate surface area is 812 Å². The summed E-state index contributed by atoms with van der Waals surface area (Å²) in [4.78, 5) is 28.6. The van der Waals surface area contributed by atoms with Crippen LogP contribution in [0.3, 0.4) is 0 Å². The SMILES string of the molecule is c1ccc2c(c1)Cc1c-2ccc2c1Cc1cc3c4c(c1-2)Cc1ccccc1N4c1cccnc1C3.c1ccc2c(c1)Cc1c-2ccc2c1Cc1cc3c4c(c1-2)Cc1ccccc1N4c1ccncc1C3.c1ccc2c(c1)Cc1c-2ccc2c1Cc1cc3c4c(c1-2)Cc1ccccc1N4c1cnccc1C3.c1ccc2c(c1)Cc1c-2ccc2c1Cc1cc3c4c(c1-2)Cc1ccccc1N4c1ncccc1C3. The van der Waals surface area contributed by atoms with Gasteiger partial charge in [0.05, 0.1) is 57.4 Å². The second kappa shape index (κ2) is 28.5. The molecule has 8 nitrogen and oxygen atoms in total. The van der Waals surface area contributed by atoms with Crippen LogP contribution in [0.15, 0.2) is 340 Å². The number of hydrogen-bond acceptors (Lipinski definition) is 8. The van der Waals surface area contributed by atoms with Gasteiger partial charge in [0.1, 0.15) is 5.82 Å². The molecule has 0 radical (unpaired) electrons. The van der Waals surface area contributed by atoms with Gasteiger partial charge in [-0.25, -0.2) is 4.98 Å². The van der Waals surface area contributed by atoms with E-state index in [1.54, 1.807) is 44.5 Å². The first-order valence-electron chi connectivity index (χ1n) is 50.3. The highest BCUT2D eigenvalue weighted by Gasteiger charge is 2.45. The van der Waals surface area contributed by atoms with Gasteiger partial charge < -0.3 is 14.7 Å². The fraction of sp³-hybridized carbons (Fsp3) is 0.121. The van der Waals surface area contributed by atoms with Crippen LogP contribution in [0.25, 0.3) is 89.0 Å². The molecule has 656 valence electrons. The first kappa shape index (κ1) is 76.5. The summed E-state index contributed by atoms with van der Waals surface area (Å²) in [5.74, 6) is 1.09. The number of pyridine rings is 4. The standard InChI is InChI=1S/4C33H22N2/c1-3-9-24-19(6-1)16-27-25(24)11-12-26-28(27)18-22-15-23-14-21-8-5-13-34-33(21)35-30-10-4-2-7-20(30)17-29(31(22)26)32(23)35;1-3-8-23-19(6-1)15-26-24(23)11-12-25-27(26)17-21-14-22-18-29-31(10-5-13-34-29)35-30-9-4-2-7-20(30)16-28(32(21)25)33(22)35;1-3-7-24-19(5-1)15-27-25(24)9-10-26-28(27)17-21-13-22-14-23-18-34-12-11-31(23)35-30-8-4-2-6-20(30)16-29(32(21)26)33(22)35;1-3-7-24-19(5-1)15-27-25(24)9-10-26-28(27)17-22-14-23-13-21-11-12-34-18-31(21)35-30-8-4-2-6-20(30)16-29(32(22)26)33(23)35/h1-13,15H,14,16-18H2;1-14H,15-18H2;1-13,18H,14-17H2;1-12,14,18H,13,15-17H2. The van der Waals surface area contributed by atoms with Crippen molar-refractivity contribution in [3.8, 4) is 89.0 Å². The lowest BCUT2D eigenvalue weighted by Crippen LogP contribution is -2.26. The zero-order valence-electron chi connectivity index (χ0n) is 77.2. The molecule has 0 saturated heterocycles. The third kappa shape index (κ3) is 10.6. The molecule has 16 aliphatic rings. The highest BCUT2D eigenvalue weighted by molar-refractivity contribution is 6.04. The van der Waals surface area contributed by atoms with Gasteiger partial charge in [0, 0.05) is 99.4 Å². The monoisotopic (exact) mass is 1780 g/mol. The Kier molecular flexibility index (Phi) is 15.6. The number of benzene rings is 16. The summed E-state index contributed by atoms with van der Waals surface area (Å²) in [5.41, 5.74) is 84.6. The minimum absolute atomic E-state index is 0.907. The zero-order chi connectivity index (χ0) is 90.7. The van der Waals surface area contributed by atoms with Gasteiger partial charge in [-0.15, -0.1) is 0 Å². The summed E-state index contributed by atoms with van der Waals surface area (Å²) in [6, 6.07) is 114. The molecule has 36 rings (SSSR count). The smallest absolute Gasteiger partial charge is 0.141 e. The average molecular weight is 1790 g/mol. The van der Waals surface area contributed by atoms with Crippen LogP contribution in [0.5, 0.6) is 0 Å². The second-order valence-electron chi connectivity index (χ2n) is 41.3. The van der Waals surface area contributed by atoms with Crippen molar-refractivity contribution in [2.45, 2.75) is 103 Å². The topological polar surface area (TPSA) is 64.5 Å². The van der Waals surface area contributed by atoms with Gasteiger partial charge in [-0.05, 0) is 367 Å². The molecule has 4 aromatic heterocycles. The number of para-hydroxylation sites is 4. The molecule has 8 heteroatoms. The van der Waals surface area contributed by atoms with E-state index in [2.05, 4.69) is 345 Å². The number of anilines is 12. The lowest BCUT2D eigenvalue weighted by molar-refractivity contribution is 0.968. The predicted octanol–water partition coefficient (Wildman–Crippen LogP) is 30.0. The molecule has 0 bridgehead atoms. The Morgan fingerprint density at radius 2 is 0.436 bits per heavy atom. The first-order chi connectivity index (χ1) is 69.4. The lowest BCUT2D eigenvalue weighted by atomic mass is 9.82. The Bertz CT molecular complexity index is 8040. The van der Waals surface area contributed by atoms with E-state index in [-0.39, 0.29) is 0 Å². The molecule has 0 unspecified atom stereocenters. The van der Waals surface area contributed by atoms with Gasteiger partial charge in [-0.1, -0.05) is 249 Å². The quantitative estimate of drug-likeness (QED) is 0.149. The van der Waals surface area contributed by atoms with Gasteiger partial charge in [0.25, 0.3) is 0 Å². The summed E-state index contributed by atoms with van der Waals surface area (Å²) in [7, 11) is 0. The molecular formula is C132H88N8. The highest BCUT2D eigenvalue weighted by Crippen LogP contribution is 2.64. The third-order valence-electron chi connectivity index (χ3n) is 34.4. The minimum Gasteiger partial charge on any atom is -0.309 e. The zero-order valence-corrected chi connectivity index (χ0v) is 77.2. The Hall–Kier alpha value is -16.7. The van der Waals surface area contributed by atoms with Crippen LogP contribution >= 0.6 is 0 Å². The van der Waals surface area contributed by atoms with Crippen LogP contribution in [0.1, 0.15) is 178 Å². The Morgan fingerprint density at radius 1 is 0.157 bits per heavy atom. The molecule has 16 aromatic carbocycles. The van der Waals surface area contributed by atoms with Crippen molar-refractivity contribution in [3.63, 3.8) is 0 Å². The summed E-state index contributed by atoms with van der Waals surface area (Å²) >= 11 is 0. The minimum atomic E-state index is 0.907. The maximum atomic E-state index is 4.88. The normalized spacial score (nSPS) is 14.9. The average Bonchev–Trinajstić information content (AvgIpc) is 1.43. The molecular weight excluding hydrogens is 1700 g/mol. The van der Waals surface area contributed by atoms with Crippen LogP contribution in [0.2, 0.25) is 0 Å². The predicted molar refractivity (Wildman–Crippen MR) is 564 cm³/mol. The third-order valence-corrected chi connectivity index (χ3v) is 34.4.